The number of aromatic nitrogens is 5. The standard InChI is InChI=1S/C75H43N5/c1-2-10-44(11-3-1)45-30-31-55-52(40-45)12-6-15-59(55)69-36-37-76-74(79-69)66-35-34-65-62-18-9-21-68(72(62)67-20-8-19-63(66)71(65)67)75-78-43-77-73(80-75)54-29-27-49-39-47(23-25-51(49)42-54)46-22-24-50-41-53(28-26-48(50)38-46)56-32-33-64-58-14-5-4-13-57(58)61-17-7-16-60(56)70(61)64/h1-43H. The lowest BCUT2D eigenvalue weighted by Gasteiger charge is -2.12. The van der Waals surface area contributed by atoms with Crippen LogP contribution >= 0.6 is 0 Å². The Morgan fingerprint density at radius 2 is 0.725 bits per heavy atom. The van der Waals surface area contributed by atoms with Gasteiger partial charge >= 0.3 is 0 Å². The Kier molecular flexibility index (Phi) is 9.64. The SMILES string of the molecule is c1ccc(-c2ccc3c(-c4ccnc(-c5ccc6c7c(cccc57)-c5c(-c7ncnc(-c8ccc9cc(-c%10ccc%11cc(-c%12ccc%13c%14c(cccc%12%14)-c%12ccccc%12-%13)ccc%11c%10)ccc9c8)n7)cccc5-6)n4)cccc3c2)cc1. The molecule has 0 saturated carbocycles. The van der Waals surface area contributed by atoms with Crippen molar-refractivity contribution in [3.05, 3.63) is 261 Å². The molecule has 0 saturated heterocycles. The van der Waals surface area contributed by atoms with Crippen LogP contribution in [0.25, 0.3) is 177 Å². The average molecular weight is 1010 g/mol. The van der Waals surface area contributed by atoms with E-state index in [9.17, 15) is 0 Å². The van der Waals surface area contributed by atoms with Crippen molar-refractivity contribution in [3.8, 4) is 123 Å². The summed E-state index contributed by atoms with van der Waals surface area (Å²) in [5.41, 5.74) is 22.0. The topological polar surface area (TPSA) is 64.5 Å². The van der Waals surface area contributed by atoms with E-state index >= 15 is 0 Å². The summed E-state index contributed by atoms with van der Waals surface area (Å²) in [5, 5.41) is 12.0. The molecule has 2 aliphatic rings. The lowest BCUT2D eigenvalue weighted by atomic mass is 9.92. The second-order valence-corrected chi connectivity index (χ2v) is 21.1. The molecular formula is C75H43N5. The molecule has 0 spiro atoms. The van der Waals surface area contributed by atoms with E-state index in [1.807, 2.05) is 12.3 Å². The molecular weight excluding hydrogens is 971 g/mol. The fraction of sp³-hybridized carbons (Fsp3) is 0. The fourth-order valence-corrected chi connectivity index (χ4v) is 13.0. The van der Waals surface area contributed by atoms with E-state index in [1.165, 1.54) is 93.5 Å². The van der Waals surface area contributed by atoms with Crippen LogP contribution in [0.5, 0.6) is 0 Å². The normalized spacial score (nSPS) is 12.0. The second-order valence-electron chi connectivity index (χ2n) is 21.1. The van der Waals surface area contributed by atoms with Crippen molar-refractivity contribution in [1.82, 2.24) is 24.9 Å². The van der Waals surface area contributed by atoms with Gasteiger partial charge in [0.25, 0.3) is 0 Å². The van der Waals surface area contributed by atoms with E-state index in [0.717, 1.165) is 66.2 Å². The predicted octanol–water partition coefficient (Wildman–Crippen LogP) is 19.4. The van der Waals surface area contributed by atoms with E-state index in [0.29, 0.717) is 17.5 Å². The first-order valence-corrected chi connectivity index (χ1v) is 27.2. The molecule has 368 valence electrons. The van der Waals surface area contributed by atoms with Crippen molar-refractivity contribution in [2.75, 3.05) is 0 Å². The van der Waals surface area contributed by atoms with Gasteiger partial charge in [0, 0.05) is 34.0 Å². The Morgan fingerprint density at radius 1 is 0.225 bits per heavy atom. The predicted molar refractivity (Wildman–Crippen MR) is 330 cm³/mol. The van der Waals surface area contributed by atoms with Crippen LogP contribution in [0.1, 0.15) is 0 Å². The van der Waals surface area contributed by atoms with Crippen molar-refractivity contribution in [2.24, 2.45) is 0 Å². The van der Waals surface area contributed by atoms with Gasteiger partial charge in [-0.2, -0.15) is 0 Å². The molecule has 2 heterocycles. The van der Waals surface area contributed by atoms with Gasteiger partial charge < -0.3 is 0 Å². The third-order valence-electron chi connectivity index (χ3n) is 16.8. The van der Waals surface area contributed by atoms with Crippen molar-refractivity contribution in [3.63, 3.8) is 0 Å². The van der Waals surface area contributed by atoms with Crippen molar-refractivity contribution < 1.29 is 0 Å². The summed E-state index contributed by atoms with van der Waals surface area (Å²) in [4.78, 5) is 24.9. The largest absolute Gasteiger partial charge is 0.237 e. The van der Waals surface area contributed by atoms with Gasteiger partial charge in [0.05, 0.1) is 5.69 Å². The van der Waals surface area contributed by atoms with E-state index in [-0.39, 0.29) is 0 Å². The van der Waals surface area contributed by atoms with Crippen LogP contribution < -0.4 is 0 Å². The van der Waals surface area contributed by atoms with Crippen molar-refractivity contribution in [1.29, 1.82) is 0 Å². The summed E-state index contributed by atoms with van der Waals surface area (Å²) >= 11 is 0. The van der Waals surface area contributed by atoms with Crippen molar-refractivity contribution in [2.45, 2.75) is 0 Å². The number of rotatable bonds is 7. The Morgan fingerprint density at radius 3 is 1.51 bits per heavy atom. The average Bonchev–Trinajstić information content (AvgIpc) is 4.25. The summed E-state index contributed by atoms with van der Waals surface area (Å²) in [6.45, 7) is 0. The molecule has 80 heavy (non-hydrogen) atoms. The Balaban J connectivity index is 0.661. The lowest BCUT2D eigenvalue weighted by molar-refractivity contribution is 1.07. The maximum Gasteiger partial charge on any atom is 0.164 e. The van der Waals surface area contributed by atoms with Gasteiger partial charge in [-0.05, 0) is 169 Å². The van der Waals surface area contributed by atoms with E-state index in [1.54, 1.807) is 6.33 Å². The molecule has 0 atom stereocenters. The second kappa shape index (κ2) is 17.4. The summed E-state index contributed by atoms with van der Waals surface area (Å²) in [5.74, 6) is 1.95. The van der Waals surface area contributed by atoms with Crippen LogP contribution in [-0.2, 0) is 0 Å². The van der Waals surface area contributed by atoms with Crippen molar-refractivity contribution >= 4 is 53.9 Å². The first-order valence-electron chi connectivity index (χ1n) is 27.2. The Labute approximate surface area is 460 Å². The molecule has 13 aromatic carbocycles. The summed E-state index contributed by atoms with van der Waals surface area (Å²) in [6.07, 6.45) is 3.52. The Hall–Kier alpha value is -10.8. The molecule has 0 radical (unpaired) electrons. The number of hydrogen-bond donors (Lipinski definition) is 0. The number of hydrogen-bond acceptors (Lipinski definition) is 5. The van der Waals surface area contributed by atoms with Gasteiger partial charge in [0.2, 0.25) is 0 Å². The van der Waals surface area contributed by atoms with Gasteiger partial charge in [-0.3, -0.25) is 0 Å². The minimum absolute atomic E-state index is 0.630. The Bertz CT molecular complexity index is 5110. The van der Waals surface area contributed by atoms with E-state index in [2.05, 4.69) is 243 Å². The molecule has 0 amide bonds. The number of benzene rings is 13. The van der Waals surface area contributed by atoms with Gasteiger partial charge in [-0.1, -0.05) is 206 Å². The molecule has 15 aromatic rings. The number of nitrogens with zero attached hydrogens (tertiary/aromatic N) is 5. The van der Waals surface area contributed by atoms with Crippen LogP contribution in [0, 0.1) is 0 Å². The van der Waals surface area contributed by atoms with Crippen LogP contribution in [0.2, 0.25) is 0 Å². The minimum atomic E-state index is 0.630. The smallest absolute Gasteiger partial charge is 0.164 e. The van der Waals surface area contributed by atoms with Gasteiger partial charge in [-0.25, -0.2) is 24.9 Å². The summed E-state index contributed by atoms with van der Waals surface area (Å²) in [6, 6.07) is 90.0. The molecule has 0 aliphatic heterocycles. The zero-order valence-corrected chi connectivity index (χ0v) is 43.1. The monoisotopic (exact) mass is 1010 g/mol. The summed E-state index contributed by atoms with van der Waals surface area (Å²) < 4.78 is 0. The zero-order chi connectivity index (χ0) is 52.4. The zero-order valence-electron chi connectivity index (χ0n) is 43.1. The highest BCUT2D eigenvalue weighted by atomic mass is 15.0. The van der Waals surface area contributed by atoms with Gasteiger partial charge in [0.1, 0.15) is 6.33 Å². The van der Waals surface area contributed by atoms with Gasteiger partial charge in [0.15, 0.2) is 17.5 Å². The lowest BCUT2D eigenvalue weighted by Crippen LogP contribution is -1.97. The molecule has 2 aliphatic carbocycles. The van der Waals surface area contributed by atoms with Crippen LogP contribution in [-0.4, -0.2) is 24.9 Å². The maximum atomic E-state index is 5.26. The van der Waals surface area contributed by atoms with E-state index in [4.69, 9.17) is 24.9 Å². The first kappa shape index (κ1) is 44.4. The first-order chi connectivity index (χ1) is 39.6. The van der Waals surface area contributed by atoms with E-state index < -0.39 is 0 Å². The summed E-state index contributed by atoms with van der Waals surface area (Å²) in [7, 11) is 0. The van der Waals surface area contributed by atoms with Crippen LogP contribution in [0.3, 0.4) is 0 Å². The highest BCUT2D eigenvalue weighted by Gasteiger charge is 2.28. The number of fused-ring (bicyclic) bond motifs is 9. The van der Waals surface area contributed by atoms with Crippen LogP contribution in [0.4, 0.5) is 0 Å². The maximum absolute atomic E-state index is 5.26. The minimum Gasteiger partial charge on any atom is -0.237 e. The fourth-order valence-electron chi connectivity index (χ4n) is 13.0. The molecule has 5 heteroatoms. The molecule has 17 rings (SSSR count). The third kappa shape index (κ3) is 6.87. The highest BCUT2D eigenvalue weighted by molar-refractivity contribution is 6.21. The highest BCUT2D eigenvalue weighted by Crippen LogP contribution is 2.53. The molecule has 5 nitrogen and oxygen atoms in total. The van der Waals surface area contributed by atoms with Gasteiger partial charge in [-0.15, -0.1) is 0 Å². The molecule has 0 unspecified atom stereocenters. The molecule has 2 aromatic heterocycles. The molecule has 0 N–H and O–H groups in total. The van der Waals surface area contributed by atoms with Crippen LogP contribution in [0.15, 0.2) is 261 Å². The molecule has 0 bridgehead atoms. The quantitative estimate of drug-likeness (QED) is 0.159. The third-order valence-corrected chi connectivity index (χ3v) is 16.8. The molecule has 0 fully saturated rings.